The van der Waals surface area contributed by atoms with Crippen LogP contribution < -0.4 is 5.32 Å². The second kappa shape index (κ2) is 7.63. The normalized spacial score (nSPS) is 14.9. The first kappa shape index (κ1) is 14.4. The molecule has 0 radical (unpaired) electrons. The van der Waals surface area contributed by atoms with Crippen LogP contribution in [0.5, 0.6) is 0 Å². The Balaban J connectivity index is 4.03. The van der Waals surface area contributed by atoms with Crippen molar-refractivity contribution in [3.8, 4) is 6.07 Å². The van der Waals surface area contributed by atoms with Crippen molar-refractivity contribution in [1.82, 2.24) is 10.2 Å². The molecule has 88 valence electrons. The van der Waals surface area contributed by atoms with E-state index >= 15 is 0 Å². The minimum Gasteiger partial charge on any atom is -0.380 e. The van der Waals surface area contributed by atoms with Crippen LogP contribution in [0.4, 0.5) is 0 Å². The summed E-state index contributed by atoms with van der Waals surface area (Å²) in [5, 5.41) is 12.1. The summed E-state index contributed by atoms with van der Waals surface area (Å²) in [7, 11) is 1.82. The molecule has 0 rings (SSSR count). The van der Waals surface area contributed by atoms with Crippen LogP contribution in [0, 0.1) is 11.3 Å². The zero-order valence-corrected chi connectivity index (χ0v) is 10.3. The lowest BCUT2D eigenvalue weighted by Crippen LogP contribution is -2.49. The molecule has 4 nitrogen and oxygen atoms in total. The molecule has 0 aliphatic heterocycles. The summed E-state index contributed by atoms with van der Waals surface area (Å²) < 4.78 is 5.30. The topological polar surface area (TPSA) is 48.3 Å². The lowest BCUT2D eigenvalue weighted by Gasteiger charge is -2.29. The van der Waals surface area contributed by atoms with Gasteiger partial charge >= 0.3 is 0 Å². The zero-order chi connectivity index (χ0) is 11.7. The standard InChI is InChI=1S/C11H23N3O/c1-5-14(7-8-15-6-2)10-11(3,9-12)13-4/h13H,5-8,10H2,1-4H3. The molecule has 1 atom stereocenters. The summed E-state index contributed by atoms with van der Waals surface area (Å²) in [6.07, 6.45) is 0. The van der Waals surface area contributed by atoms with E-state index < -0.39 is 5.54 Å². The number of nitrogens with one attached hydrogen (secondary N) is 1. The Morgan fingerprint density at radius 3 is 2.53 bits per heavy atom. The Labute approximate surface area is 93.2 Å². The van der Waals surface area contributed by atoms with E-state index in [1.807, 2.05) is 20.9 Å². The minimum atomic E-state index is -0.470. The highest BCUT2D eigenvalue weighted by Crippen LogP contribution is 2.04. The van der Waals surface area contributed by atoms with Gasteiger partial charge in [0.25, 0.3) is 0 Å². The lowest BCUT2D eigenvalue weighted by atomic mass is 10.0. The lowest BCUT2D eigenvalue weighted by molar-refractivity contribution is 0.108. The Bertz CT molecular complexity index is 202. The SMILES string of the molecule is CCOCCN(CC)CC(C)(C#N)NC. The second-order valence-electron chi connectivity index (χ2n) is 3.76. The van der Waals surface area contributed by atoms with Crippen LogP contribution in [0.3, 0.4) is 0 Å². The molecule has 1 N–H and O–H groups in total. The first-order valence-electron chi connectivity index (χ1n) is 5.52. The highest BCUT2D eigenvalue weighted by Gasteiger charge is 2.23. The van der Waals surface area contributed by atoms with Gasteiger partial charge in [-0.3, -0.25) is 4.90 Å². The Kier molecular flexibility index (Phi) is 7.31. The minimum absolute atomic E-state index is 0.470. The van der Waals surface area contributed by atoms with E-state index in [2.05, 4.69) is 23.2 Å². The third-order valence-electron chi connectivity index (χ3n) is 2.54. The number of hydrogen-bond donors (Lipinski definition) is 1. The van der Waals surface area contributed by atoms with Gasteiger partial charge in [-0.15, -0.1) is 0 Å². The largest absolute Gasteiger partial charge is 0.380 e. The van der Waals surface area contributed by atoms with Crippen LogP contribution in [0.1, 0.15) is 20.8 Å². The first-order chi connectivity index (χ1) is 7.11. The highest BCUT2D eigenvalue weighted by atomic mass is 16.5. The summed E-state index contributed by atoms with van der Waals surface area (Å²) in [6.45, 7) is 10.0. The number of hydrogen-bond acceptors (Lipinski definition) is 4. The molecule has 0 aromatic heterocycles. The van der Waals surface area contributed by atoms with Crippen molar-refractivity contribution in [2.75, 3.05) is 39.9 Å². The molecule has 0 fully saturated rings. The number of nitrogens with zero attached hydrogens (tertiary/aromatic N) is 2. The molecule has 0 heterocycles. The van der Waals surface area contributed by atoms with Gasteiger partial charge in [0, 0.05) is 19.7 Å². The van der Waals surface area contributed by atoms with E-state index in [1.165, 1.54) is 0 Å². The van der Waals surface area contributed by atoms with Gasteiger partial charge in [0.1, 0.15) is 5.54 Å². The fourth-order valence-electron chi connectivity index (χ4n) is 1.30. The molecule has 0 bridgehead atoms. The molecule has 0 aliphatic carbocycles. The van der Waals surface area contributed by atoms with Gasteiger partial charge in [0.2, 0.25) is 0 Å². The van der Waals surface area contributed by atoms with E-state index in [-0.39, 0.29) is 0 Å². The Hall–Kier alpha value is -0.630. The zero-order valence-electron chi connectivity index (χ0n) is 10.3. The predicted molar refractivity (Wildman–Crippen MR) is 61.7 cm³/mol. The van der Waals surface area contributed by atoms with Crippen molar-refractivity contribution in [3.05, 3.63) is 0 Å². The molecular weight excluding hydrogens is 190 g/mol. The monoisotopic (exact) mass is 213 g/mol. The van der Waals surface area contributed by atoms with Gasteiger partial charge in [-0.1, -0.05) is 6.92 Å². The third-order valence-corrected chi connectivity index (χ3v) is 2.54. The molecule has 0 saturated heterocycles. The van der Waals surface area contributed by atoms with Crippen molar-refractivity contribution in [1.29, 1.82) is 5.26 Å². The maximum Gasteiger partial charge on any atom is 0.116 e. The summed E-state index contributed by atoms with van der Waals surface area (Å²) in [5.41, 5.74) is -0.470. The highest BCUT2D eigenvalue weighted by molar-refractivity contribution is 5.04. The van der Waals surface area contributed by atoms with Crippen LogP contribution in [-0.4, -0.2) is 50.3 Å². The van der Waals surface area contributed by atoms with Crippen LogP contribution in [0.2, 0.25) is 0 Å². The summed E-state index contributed by atoms with van der Waals surface area (Å²) >= 11 is 0. The Morgan fingerprint density at radius 2 is 2.13 bits per heavy atom. The van der Waals surface area contributed by atoms with Gasteiger partial charge in [0.05, 0.1) is 12.7 Å². The maximum atomic E-state index is 9.03. The number of nitriles is 1. The molecule has 0 spiro atoms. The van der Waals surface area contributed by atoms with Gasteiger partial charge in [0.15, 0.2) is 0 Å². The van der Waals surface area contributed by atoms with Gasteiger partial charge in [-0.05, 0) is 27.4 Å². The molecule has 4 heteroatoms. The fourth-order valence-corrected chi connectivity index (χ4v) is 1.30. The molecule has 0 saturated carbocycles. The van der Waals surface area contributed by atoms with E-state index in [9.17, 15) is 0 Å². The van der Waals surface area contributed by atoms with E-state index in [1.54, 1.807) is 0 Å². The van der Waals surface area contributed by atoms with Crippen molar-refractivity contribution < 1.29 is 4.74 Å². The average molecular weight is 213 g/mol. The van der Waals surface area contributed by atoms with Crippen molar-refractivity contribution in [3.63, 3.8) is 0 Å². The number of ether oxygens (including phenoxy) is 1. The average Bonchev–Trinajstić information content (AvgIpc) is 2.27. The Morgan fingerprint density at radius 1 is 1.47 bits per heavy atom. The smallest absolute Gasteiger partial charge is 0.116 e. The summed E-state index contributed by atoms with van der Waals surface area (Å²) in [5.74, 6) is 0. The molecular formula is C11H23N3O. The predicted octanol–water partition coefficient (Wildman–Crippen LogP) is 0.846. The third kappa shape index (κ3) is 5.73. The quantitative estimate of drug-likeness (QED) is 0.607. The van der Waals surface area contributed by atoms with Gasteiger partial charge < -0.3 is 10.1 Å². The van der Waals surface area contributed by atoms with Crippen LogP contribution in [-0.2, 0) is 4.74 Å². The molecule has 0 aromatic rings. The molecule has 1 unspecified atom stereocenters. The maximum absolute atomic E-state index is 9.03. The van der Waals surface area contributed by atoms with E-state index in [0.29, 0.717) is 0 Å². The van der Waals surface area contributed by atoms with Crippen molar-refractivity contribution in [2.24, 2.45) is 0 Å². The van der Waals surface area contributed by atoms with Crippen LogP contribution >= 0.6 is 0 Å². The van der Waals surface area contributed by atoms with Gasteiger partial charge in [-0.2, -0.15) is 5.26 Å². The summed E-state index contributed by atoms with van der Waals surface area (Å²) in [6, 6.07) is 2.29. The van der Waals surface area contributed by atoms with E-state index in [0.717, 1.165) is 32.8 Å². The molecule has 0 aromatic carbocycles. The fraction of sp³-hybridized carbons (Fsp3) is 0.909. The second-order valence-corrected chi connectivity index (χ2v) is 3.76. The molecule has 0 aliphatic rings. The molecule has 15 heavy (non-hydrogen) atoms. The van der Waals surface area contributed by atoms with Crippen LogP contribution in [0.15, 0.2) is 0 Å². The van der Waals surface area contributed by atoms with Crippen molar-refractivity contribution in [2.45, 2.75) is 26.3 Å². The first-order valence-corrected chi connectivity index (χ1v) is 5.52. The van der Waals surface area contributed by atoms with Gasteiger partial charge in [-0.25, -0.2) is 0 Å². The van der Waals surface area contributed by atoms with Crippen molar-refractivity contribution >= 4 is 0 Å². The molecule has 0 amide bonds. The number of likely N-dealkylation sites (N-methyl/N-ethyl adjacent to an activating group) is 2. The van der Waals surface area contributed by atoms with Crippen LogP contribution in [0.25, 0.3) is 0 Å². The van der Waals surface area contributed by atoms with E-state index in [4.69, 9.17) is 10.00 Å². The number of rotatable bonds is 8. The summed E-state index contributed by atoms with van der Waals surface area (Å²) in [4.78, 5) is 2.22.